The molecular weight excluding hydrogens is 228 g/mol. The van der Waals surface area contributed by atoms with Gasteiger partial charge in [-0.2, -0.15) is 5.26 Å². The summed E-state index contributed by atoms with van der Waals surface area (Å²) in [5.74, 6) is -0.101. The summed E-state index contributed by atoms with van der Waals surface area (Å²) in [6, 6.07) is 2.29. The quantitative estimate of drug-likeness (QED) is 0.764. The van der Waals surface area contributed by atoms with Gasteiger partial charge in [-0.3, -0.25) is 4.79 Å². The Kier molecular flexibility index (Phi) is 6.14. The zero-order valence-corrected chi connectivity index (χ0v) is 11.5. The third-order valence-corrected chi connectivity index (χ3v) is 3.80. The topological polar surface area (TPSA) is 62.1 Å². The van der Waals surface area contributed by atoms with Crippen molar-refractivity contribution in [2.24, 2.45) is 5.41 Å². The van der Waals surface area contributed by atoms with Gasteiger partial charge < -0.3 is 10.1 Å². The monoisotopic (exact) mass is 252 g/mol. The van der Waals surface area contributed by atoms with Crippen molar-refractivity contribution >= 4 is 5.91 Å². The Labute approximate surface area is 110 Å². The smallest absolute Gasteiger partial charge is 0.240 e. The van der Waals surface area contributed by atoms with Gasteiger partial charge >= 0.3 is 0 Å². The number of rotatable bonds is 5. The van der Waals surface area contributed by atoms with Crippen LogP contribution in [0.2, 0.25) is 0 Å². The van der Waals surface area contributed by atoms with Crippen molar-refractivity contribution in [3.8, 4) is 6.07 Å². The molecule has 0 aliphatic heterocycles. The van der Waals surface area contributed by atoms with Crippen LogP contribution in [-0.2, 0) is 9.53 Å². The Morgan fingerprint density at radius 2 is 2.00 bits per heavy atom. The van der Waals surface area contributed by atoms with Crippen LogP contribution in [0, 0.1) is 16.7 Å². The first kappa shape index (κ1) is 15.0. The lowest BCUT2D eigenvalue weighted by Crippen LogP contribution is -2.46. The van der Waals surface area contributed by atoms with E-state index in [2.05, 4.69) is 11.4 Å². The largest absolute Gasteiger partial charge is 0.383 e. The van der Waals surface area contributed by atoms with Gasteiger partial charge in [0, 0.05) is 7.11 Å². The fraction of sp³-hybridized carbons (Fsp3) is 0.857. The Bertz CT molecular complexity index is 301. The number of methoxy groups -OCH3 is 1. The molecule has 0 spiro atoms. The number of nitrogens with zero attached hydrogens (tertiary/aromatic N) is 1. The lowest BCUT2D eigenvalue weighted by Gasteiger charge is -2.26. The summed E-state index contributed by atoms with van der Waals surface area (Å²) in [7, 11) is 1.63. The number of hydrogen-bond acceptors (Lipinski definition) is 3. The van der Waals surface area contributed by atoms with Gasteiger partial charge in [0.05, 0.1) is 18.7 Å². The van der Waals surface area contributed by atoms with Gasteiger partial charge in [-0.05, 0) is 19.3 Å². The number of hydrogen-bond donors (Lipinski definition) is 1. The molecule has 4 heteroatoms. The molecule has 4 nitrogen and oxygen atoms in total. The minimum atomic E-state index is -0.808. The minimum Gasteiger partial charge on any atom is -0.383 e. The van der Waals surface area contributed by atoms with Crippen molar-refractivity contribution < 1.29 is 9.53 Å². The molecule has 0 saturated heterocycles. The van der Waals surface area contributed by atoms with Gasteiger partial charge in [-0.25, -0.2) is 0 Å². The molecule has 0 bridgehead atoms. The maximum Gasteiger partial charge on any atom is 0.240 e. The molecule has 18 heavy (non-hydrogen) atoms. The third kappa shape index (κ3) is 3.71. The van der Waals surface area contributed by atoms with E-state index in [1.165, 1.54) is 0 Å². The standard InChI is InChI=1S/C14H24N2O2/c1-3-12(10-18-2)16-13(17)14(11-15)8-6-4-5-7-9-14/h12H,3-10H2,1-2H3,(H,16,17). The van der Waals surface area contributed by atoms with Crippen LogP contribution >= 0.6 is 0 Å². The fourth-order valence-corrected chi connectivity index (χ4v) is 2.51. The molecule has 102 valence electrons. The van der Waals surface area contributed by atoms with Crippen molar-refractivity contribution in [3.05, 3.63) is 0 Å². The van der Waals surface area contributed by atoms with Gasteiger partial charge in [0.25, 0.3) is 0 Å². The normalized spacial score (nSPS) is 20.5. The molecule has 0 aromatic heterocycles. The summed E-state index contributed by atoms with van der Waals surface area (Å²) in [5.41, 5.74) is -0.808. The predicted octanol–water partition coefficient (Wildman–Crippen LogP) is 2.39. The van der Waals surface area contributed by atoms with E-state index in [4.69, 9.17) is 4.74 Å². The average molecular weight is 252 g/mol. The second-order valence-electron chi connectivity index (χ2n) is 5.14. The van der Waals surface area contributed by atoms with Gasteiger partial charge in [0.15, 0.2) is 0 Å². The molecule has 1 amide bonds. The molecule has 1 rings (SSSR count). The minimum absolute atomic E-state index is 0.0102. The molecule has 1 aliphatic rings. The van der Waals surface area contributed by atoms with Crippen molar-refractivity contribution in [2.45, 2.75) is 57.9 Å². The van der Waals surface area contributed by atoms with Gasteiger partial charge in [-0.15, -0.1) is 0 Å². The van der Waals surface area contributed by atoms with Crippen LogP contribution in [0.5, 0.6) is 0 Å². The molecule has 1 fully saturated rings. The van der Waals surface area contributed by atoms with E-state index in [9.17, 15) is 10.1 Å². The second-order valence-corrected chi connectivity index (χ2v) is 5.14. The molecule has 0 aromatic rings. The maximum absolute atomic E-state index is 12.4. The number of carbonyl (C=O) groups excluding carboxylic acids is 1. The third-order valence-electron chi connectivity index (χ3n) is 3.80. The predicted molar refractivity (Wildman–Crippen MR) is 69.8 cm³/mol. The van der Waals surface area contributed by atoms with E-state index < -0.39 is 5.41 Å². The highest BCUT2D eigenvalue weighted by molar-refractivity contribution is 5.85. The first-order chi connectivity index (χ1) is 8.68. The Morgan fingerprint density at radius 1 is 1.39 bits per heavy atom. The number of carbonyl (C=O) groups is 1. The number of nitriles is 1. The summed E-state index contributed by atoms with van der Waals surface area (Å²) >= 11 is 0. The highest BCUT2D eigenvalue weighted by atomic mass is 16.5. The summed E-state index contributed by atoms with van der Waals surface area (Å²) < 4.78 is 5.08. The first-order valence-corrected chi connectivity index (χ1v) is 6.89. The van der Waals surface area contributed by atoms with Crippen LogP contribution < -0.4 is 5.32 Å². The summed E-state index contributed by atoms with van der Waals surface area (Å²) in [4.78, 5) is 12.4. The fourth-order valence-electron chi connectivity index (χ4n) is 2.51. The molecule has 1 saturated carbocycles. The average Bonchev–Trinajstić information content (AvgIpc) is 2.64. The molecule has 0 aromatic carbocycles. The highest BCUT2D eigenvalue weighted by Gasteiger charge is 2.39. The molecule has 0 heterocycles. The summed E-state index contributed by atoms with van der Waals surface area (Å²) in [5, 5.41) is 12.4. The van der Waals surface area contributed by atoms with Crippen LogP contribution in [0.4, 0.5) is 0 Å². The van der Waals surface area contributed by atoms with Gasteiger partial charge in [-0.1, -0.05) is 32.6 Å². The van der Waals surface area contributed by atoms with E-state index in [0.717, 1.165) is 32.1 Å². The van der Waals surface area contributed by atoms with Crippen molar-refractivity contribution in [3.63, 3.8) is 0 Å². The number of amides is 1. The van der Waals surface area contributed by atoms with E-state index in [1.54, 1.807) is 7.11 Å². The van der Waals surface area contributed by atoms with Crippen LogP contribution in [0.3, 0.4) is 0 Å². The molecule has 1 atom stereocenters. The first-order valence-electron chi connectivity index (χ1n) is 6.89. The van der Waals surface area contributed by atoms with E-state index in [-0.39, 0.29) is 11.9 Å². The Balaban J connectivity index is 2.68. The van der Waals surface area contributed by atoms with Crippen LogP contribution in [-0.4, -0.2) is 25.7 Å². The molecule has 0 radical (unpaired) electrons. The van der Waals surface area contributed by atoms with E-state index >= 15 is 0 Å². The summed E-state index contributed by atoms with van der Waals surface area (Å²) in [6.45, 7) is 2.51. The SMILES string of the molecule is CCC(COC)NC(=O)C1(C#N)CCCCCC1. The van der Waals surface area contributed by atoms with Crippen molar-refractivity contribution in [1.82, 2.24) is 5.32 Å². The Morgan fingerprint density at radius 3 is 2.44 bits per heavy atom. The molecular formula is C14H24N2O2. The zero-order valence-electron chi connectivity index (χ0n) is 11.5. The lowest BCUT2D eigenvalue weighted by molar-refractivity contribution is -0.130. The summed E-state index contributed by atoms with van der Waals surface area (Å²) in [6.07, 6.45) is 6.42. The molecule has 1 unspecified atom stereocenters. The number of nitrogens with one attached hydrogen (secondary N) is 1. The van der Waals surface area contributed by atoms with E-state index in [0.29, 0.717) is 19.4 Å². The lowest BCUT2D eigenvalue weighted by atomic mass is 9.80. The molecule has 1 aliphatic carbocycles. The zero-order chi connectivity index (χ0) is 13.4. The Hall–Kier alpha value is -1.08. The van der Waals surface area contributed by atoms with Crippen LogP contribution in [0.15, 0.2) is 0 Å². The second kappa shape index (κ2) is 7.38. The molecule has 1 N–H and O–H groups in total. The van der Waals surface area contributed by atoms with Gasteiger partial charge in [0.2, 0.25) is 5.91 Å². The van der Waals surface area contributed by atoms with Crippen LogP contribution in [0.1, 0.15) is 51.9 Å². The van der Waals surface area contributed by atoms with E-state index in [1.807, 2.05) is 6.92 Å². The van der Waals surface area contributed by atoms with Crippen LogP contribution in [0.25, 0.3) is 0 Å². The van der Waals surface area contributed by atoms with Gasteiger partial charge in [0.1, 0.15) is 5.41 Å². The van der Waals surface area contributed by atoms with Crippen molar-refractivity contribution in [1.29, 1.82) is 5.26 Å². The number of ether oxygens (including phenoxy) is 1. The highest BCUT2D eigenvalue weighted by Crippen LogP contribution is 2.34. The van der Waals surface area contributed by atoms with Crippen molar-refractivity contribution in [2.75, 3.05) is 13.7 Å². The maximum atomic E-state index is 12.4.